The van der Waals surface area contributed by atoms with Gasteiger partial charge in [-0.25, -0.2) is 4.98 Å². The van der Waals surface area contributed by atoms with Crippen LogP contribution in [0, 0.1) is 13.8 Å². The second-order valence-electron chi connectivity index (χ2n) is 6.13. The average Bonchev–Trinajstić information content (AvgIpc) is 3.07. The van der Waals surface area contributed by atoms with Crippen molar-refractivity contribution in [3.05, 3.63) is 64.7 Å². The predicted octanol–water partition coefficient (Wildman–Crippen LogP) is 5.01. The Bertz CT molecular complexity index is 901. The Balaban J connectivity index is 1.64. The zero-order valence-electron chi connectivity index (χ0n) is 15.2. The van der Waals surface area contributed by atoms with Crippen molar-refractivity contribution in [3.63, 3.8) is 0 Å². The molecule has 0 aliphatic rings. The molecule has 3 rings (SSSR count). The second kappa shape index (κ2) is 8.15. The number of aryl methyl sites for hydroxylation is 2. The van der Waals surface area contributed by atoms with Gasteiger partial charge >= 0.3 is 0 Å². The number of ether oxygens (including phenoxy) is 1. The van der Waals surface area contributed by atoms with Gasteiger partial charge in [0.15, 0.2) is 0 Å². The van der Waals surface area contributed by atoms with Gasteiger partial charge in [-0.15, -0.1) is 11.3 Å². The Kier molecular flexibility index (Phi) is 5.68. The zero-order chi connectivity index (χ0) is 18.5. The van der Waals surface area contributed by atoms with Crippen molar-refractivity contribution in [1.82, 2.24) is 4.98 Å². The zero-order valence-corrected chi connectivity index (χ0v) is 16.0. The van der Waals surface area contributed by atoms with Crippen molar-refractivity contribution < 1.29 is 9.53 Å². The van der Waals surface area contributed by atoms with E-state index in [2.05, 4.69) is 17.2 Å². The van der Waals surface area contributed by atoms with E-state index in [9.17, 15) is 4.79 Å². The molecule has 134 valence electrons. The van der Waals surface area contributed by atoms with Gasteiger partial charge in [-0.1, -0.05) is 6.07 Å². The van der Waals surface area contributed by atoms with Crippen molar-refractivity contribution in [2.45, 2.75) is 27.2 Å². The lowest BCUT2D eigenvalue weighted by Crippen LogP contribution is -2.14. The highest BCUT2D eigenvalue weighted by Gasteiger charge is 2.10. The second-order valence-corrected chi connectivity index (χ2v) is 6.98. The topological polar surface area (TPSA) is 51.2 Å². The van der Waals surface area contributed by atoms with Gasteiger partial charge in [0.2, 0.25) is 5.91 Å². The van der Waals surface area contributed by atoms with Crippen LogP contribution in [0.3, 0.4) is 0 Å². The van der Waals surface area contributed by atoms with E-state index in [0.717, 1.165) is 33.3 Å². The largest absolute Gasteiger partial charge is 0.494 e. The highest BCUT2D eigenvalue weighted by Crippen LogP contribution is 2.26. The van der Waals surface area contributed by atoms with E-state index in [0.29, 0.717) is 6.61 Å². The molecule has 0 aliphatic carbocycles. The fourth-order valence-electron chi connectivity index (χ4n) is 2.57. The van der Waals surface area contributed by atoms with Crippen LogP contribution in [0.25, 0.3) is 10.6 Å². The van der Waals surface area contributed by atoms with Crippen LogP contribution in [0.4, 0.5) is 5.69 Å². The summed E-state index contributed by atoms with van der Waals surface area (Å²) in [7, 11) is 0. The molecule has 0 saturated heterocycles. The van der Waals surface area contributed by atoms with Gasteiger partial charge in [0.25, 0.3) is 0 Å². The third kappa shape index (κ3) is 4.49. The first-order chi connectivity index (χ1) is 12.5. The highest BCUT2D eigenvalue weighted by molar-refractivity contribution is 7.13. The first-order valence-corrected chi connectivity index (χ1v) is 9.48. The number of nitrogens with zero attached hydrogens (tertiary/aromatic N) is 1. The van der Waals surface area contributed by atoms with Gasteiger partial charge < -0.3 is 10.1 Å². The summed E-state index contributed by atoms with van der Waals surface area (Å²) in [6, 6.07) is 13.8. The molecule has 5 heteroatoms. The van der Waals surface area contributed by atoms with Gasteiger partial charge in [-0.2, -0.15) is 0 Å². The molecular weight excluding hydrogens is 344 g/mol. The molecule has 1 amide bonds. The van der Waals surface area contributed by atoms with Gasteiger partial charge in [0, 0.05) is 16.6 Å². The van der Waals surface area contributed by atoms with Gasteiger partial charge in [0.1, 0.15) is 10.8 Å². The Morgan fingerprint density at radius 3 is 2.58 bits per heavy atom. The number of nitrogens with one attached hydrogen (secondary N) is 1. The van der Waals surface area contributed by atoms with E-state index in [1.165, 1.54) is 5.56 Å². The number of rotatable bonds is 6. The summed E-state index contributed by atoms with van der Waals surface area (Å²) in [4.78, 5) is 16.9. The lowest BCUT2D eigenvalue weighted by atomic mass is 10.1. The van der Waals surface area contributed by atoms with E-state index in [-0.39, 0.29) is 12.3 Å². The van der Waals surface area contributed by atoms with Crippen molar-refractivity contribution in [1.29, 1.82) is 0 Å². The molecule has 0 fully saturated rings. The monoisotopic (exact) mass is 366 g/mol. The summed E-state index contributed by atoms with van der Waals surface area (Å²) in [5, 5.41) is 5.78. The molecule has 1 aromatic heterocycles. The Morgan fingerprint density at radius 2 is 1.88 bits per heavy atom. The molecule has 26 heavy (non-hydrogen) atoms. The van der Waals surface area contributed by atoms with Crippen LogP contribution in [-0.4, -0.2) is 17.5 Å². The van der Waals surface area contributed by atoms with Crippen LogP contribution < -0.4 is 10.1 Å². The number of benzene rings is 2. The maximum absolute atomic E-state index is 12.3. The van der Waals surface area contributed by atoms with Gasteiger partial charge in [0.05, 0.1) is 18.7 Å². The maximum Gasteiger partial charge on any atom is 0.230 e. The quantitative estimate of drug-likeness (QED) is 0.667. The molecule has 3 aromatic rings. The van der Waals surface area contributed by atoms with Gasteiger partial charge in [-0.3, -0.25) is 4.79 Å². The fourth-order valence-corrected chi connectivity index (χ4v) is 3.40. The molecule has 0 unspecified atom stereocenters. The smallest absolute Gasteiger partial charge is 0.230 e. The molecule has 1 N–H and O–H groups in total. The third-order valence-corrected chi connectivity index (χ3v) is 5.04. The molecule has 1 heterocycles. The van der Waals surface area contributed by atoms with Crippen LogP contribution in [0.2, 0.25) is 0 Å². The lowest BCUT2D eigenvalue weighted by Gasteiger charge is -2.07. The number of carbonyl (C=O) groups excluding carboxylic acids is 1. The first kappa shape index (κ1) is 18.1. The normalized spacial score (nSPS) is 10.6. The van der Waals surface area contributed by atoms with Crippen molar-refractivity contribution in [3.8, 4) is 16.3 Å². The third-order valence-electron chi connectivity index (χ3n) is 4.10. The summed E-state index contributed by atoms with van der Waals surface area (Å²) in [5.74, 6) is 0.789. The fraction of sp³-hybridized carbons (Fsp3) is 0.238. The summed E-state index contributed by atoms with van der Waals surface area (Å²) >= 11 is 1.54. The highest BCUT2D eigenvalue weighted by atomic mass is 32.1. The van der Waals surface area contributed by atoms with Crippen molar-refractivity contribution in [2.24, 2.45) is 0 Å². The minimum absolute atomic E-state index is 0.0585. The lowest BCUT2D eigenvalue weighted by molar-refractivity contribution is -0.115. The van der Waals surface area contributed by atoms with E-state index < -0.39 is 0 Å². The van der Waals surface area contributed by atoms with E-state index in [1.54, 1.807) is 11.3 Å². The molecule has 0 spiro atoms. The standard InChI is InChI=1S/C21H22N2O2S/c1-4-25-19-9-6-16(7-10-19)21-23-18(13-26-21)12-20(24)22-17-8-5-14(2)15(3)11-17/h5-11,13H,4,12H2,1-3H3,(H,22,24). The SMILES string of the molecule is CCOc1ccc(-c2nc(CC(=O)Nc3ccc(C)c(C)c3)cs2)cc1. The van der Waals surface area contributed by atoms with Crippen LogP contribution in [-0.2, 0) is 11.2 Å². The van der Waals surface area contributed by atoms with Crippen LogP contribution in [0.5, 0.6) is 5.75 Å². The molecule has 0 atom stereocenters. The molecule has 2 aromatic carbocycles. The molecule has 0 aliphatic heterocycles. The molecule has 0 bridgehead atoms. The van der Waals surface area contributed by atoms with Gasteiger partial charge in [-0.05, 0) is 68.3 Å². The van der Waals surface area contributed by atoms with Crippen LogP contribution >= 0.6 is 11.3 Å². The molecular formula is C21H22N2O2S. The van der Waals surface area contributed by atoms with Crippen molar-refractivity contribution in [2.75, 3.05) is 11.9 Å². The predicted molar refractivity (Wildman–Crippen MR) is 107 cm³/mol. The molecule has 0 radical (unpaired) electrons. The first-order valence-electron chi connectivity index (χ1n) is 8.60. The number of hydrogen-bond acceptors (Lipinski definition) is 4. The average molecular weight is 366 g/mol. The number of hydrogen-bond donors (Lipinski definition) is 1. The van der Waals surface area contributed by atoms with Crippen LogP contribution in [0.1, 0.15) is 23.7 Å². The van der Waals surface area contributed by atoms with Crippen LogP contribution in [0.15, 0.2) is 47.8 Å². The number of amides is 1. The number of thiazole rings is 1. The molecule has 4 nitrogen and oxygen atoms in total. The number of aromatic nitrogens is 1. The Labute approximate surface area is 157 Å². The minimum atomic E-state index is -0.0585. The Hall–Kier alpha value is -2.66. The Morgan fingerprint density at radius 1 is 1.12 bits per heavy atom. The van der Waals surface area contributed by atoms with E-state index in [4.69, 9.17) is 4.74 Å². The van der Waals surface area contributed by atoms with Crippen molar-refractivity contribution >= 4 is 22.9 Å². The maximum atomic E-state index is 12.3. The minimum Gasteiger partial charge on any atom is -0.494 e. The molecule has 0 saturated carbocycles. The van der Waals surface area contributed by atoms with E-state index >= 15 is 0 Å². The van der Waals surface area contributed by atoms with E-state index in [1.807, 2.05) is 61.7 Å². The summed E-state index contributed by atoms with van der Waals surface area (Å²) in [6.07, 6.45) is 0.264. The number of anilines is 1. The number of carbonyl (C=O) groups is 1. The summed E-state index contributed by atoms with van der Waals surface area (Å²) in [5.41, 5.74) is 5.00. The summed E-state index contributed by atoms with van der Waals surface area (Å²) in [6.45, 7) is 6.70. The summed E-state index contributed by atoms with van der Waals surface area (Å²) < 4.78 is 5.46.